The summed E-state index contributed by atoms with van der Waals surface area (Å²) >= 11 is 0. The molecule has 0 unspecified atom stereocenters. The van der Waals surface area contributed by atoms with Crippen LogP contribution in [0, 0.1) is 0 Å². The summed E-state index contributed by atoms with van der Waals surface area (Å²) in [6.07, 6.45) is 3.68. The standard InChI is InChI=1S/C21H30NO3P/c1-24-26(23,25-2)20(16-10-5-11-17-22)21(18-12-6-3-7-13-18)19-14-8-4-9-15-19/h3-4,6-9,12-15,20-21H,5,10-11,16-17,22H2,1-2H3/t20-/m1/s1. The molecule has 5 heteroatoms. The Kier molecular flexibility index (Phi) is 8.53. The molecule has 0 heterocycles. The van der Waals surface area contributed by atoms with Crippen LogP contribution in [0.4, 0.5) is 0 Å². The lowest BCUT2D eigenvalue weighted by molar-refractivity contribution is 0.259. The molecular formula is C21H30NO3P. The van der Waals surface area contributed by atoms with Crippen LogP contribution in [0.2, 0.25) is 0 Å². The van der Waals surface area contributed by atoms with Crippen LogP contribution in [-0.2, 0) is 13.6 Å². The Labute approximate surface area is 157 Å². The predicted molar refractivity (Wildman–Crippen MR) is 108 cm³/mol. The van der Waals surface area contributed by atoms with Crippen molar-refractivity contribution in [1.29, 1.82) is 0 Å². The topological polar surface area (TPSA) is 61.5 Å². The highest BCUT2D eigenvalue weighted by Crippen LogP contribution is 2.59. The Morgan fingerprint density at radius 1 is 0.846 bits per heavy atom. The molecule has 0 radical (unpaired) electrons. The van der Waals surface area contributed by atoms with Crippen molar-refractivity contribution in [1.82, 2.24) is 0 Å². The fourth-order valence-corrected chi connectivity index (χ4v) is 5.38. The normalized spacial score (nSPS) is 13.1. The Hall–Kier alpha value is -1.45. The summed E-state index contributed by atoms with van der Waals surface area (Å²) in [6.45, 7) is 0.678. The summed E-state index contributed by atoms with van der Waals surface area (Å²) in [7, 11) is -0.305. The number of rotatable bonds is 11. The smallest absolute Gasteiger partial charge is 0.330 e. The third-order valence-electron chi connectivity index (χ3n) is 4.82. The second kappa shape index (κ2) is 10.6. The van der Waals surface area contributed by atoms with Gasteiger partial charge in [-0.3, -0.25) is 4.57 Å². The lowest BCUT2D eigenvalue weighted by Crippen LogP contribution is -2.22. The van der Waals surface area contributed by atoms with E-state index in [9.17, 15) is 4.57 Å². The van der Waals surface area contributed by atoms with Gasteiger partial charge >= 0.3 is 7.60 Å². The number of hydrogen-bond donors (Lipinski definition) is 1. The zero-order valence-electron chi connectivity index (χ0n) is 15.7. The molecule has 1 atom stereocenters. The van der Waals surface area contributed by atoms with Gasteiger partial charge in [0.05, 0.1) is 5.66 Å². The number of nitrogens with two attached hydrogens (primary N) is 1. The van der Waals surface area contributed by atoms with E-state index in [0.29, 0.717) is 6.54 Å². The van der Waals surface area contributed by atoms with Gasteiger partial charge in [-0.05, 0) is 30.5 Å². The third kappa shape index (κ3) is 5.28. The average molecular weight is 375 g/mol. The first kappa shape index (κ1) is 20.9. The van der Waals surface area contributed by atoms with Crippen LogP contribution in [0.25, 0.3) is 0 Å². The lowest BCUT2D eigenvalue weighted by atomic mass is 9.86. The molecule has 0 amide bonds. The van der Waals surface area contributed by atoms with Gasteiger partial charge in [-0.25, -0.2) is 0 Å². The molecule has 142 valence electrons. The molecule has 26 heavy (non-hydrogen) atoms. The van der Waals surface area contributed by atoms with E-state index in [2.05, 4.69) is 24.3 Å². The van der Waals surface area contributed by atoms with Crippen molar-refractivity contribution in [3.05, 3.63) is 71.8 Å². The van der Waals surface area contributed by atoms with Gasteiger partial charge in [0.25, 0.3) is 0 Å². The van der Waals surface area contributed by atoms with Gasteiger partial charge in [-0.15, -0.1) is 0 Å². The van der Waals surface area contributed by atoms with E-state index < -0.39 is 7.60 Å². The van der Waals surface area contributed by atoms with Gasteiger partial charge in [0, 0.05) is 20.1 Å². The summed E-state index contributed by atoms with van der Waals surface area (Å²) in [5, 5.41) is 0. The molecule has 0 bridgehead atoms. The summed E-state index contributed by atoms with van der Waals surface area (Å²) < 4.78 is 24.3. The first-order chi connectivity index (χ1) is 12.7. The minimum Gasteiger partial charge on any atom is -0.330 e. The Morgan fingerprint density at radius 3 is 1.77 bits per heavy atom. The highest BCUT2D eigenvalue weighted by Gasteiger charge is 2.40. The van der Waals surface area contributed by atoms with Gasteiger partial charge in [0.15, 0.2) is 0 Å². The van der Waals surface area contributed by atoms with Crippen LogP contribution >= 0.6 is 7.60 Å². The van der Waals surface area contributed by atoms with Crippen molar-refractivity contribution in [2.75, 3.05) is 20.8 Å². The van der Waals surface area contributed by atoms with Crippen molar-refractivity contribution in [2.24, 2.45) is 5.73 Å². The quantitative estimate of drug-likeness (QED) is 0.433. The van der Waals surface area contributed by atoms with E-state index in [4.69, 9.17) is 14.8 Å². The highest BCUT2D eigenvalue weighted by atomic mass is 31.2. The van der Waals surface area contributed by atoms with Crippen LogP contribution in [0.5, 0.6) is 0 Å². The number of unbranched alkanes of at least 4 members (excludes halogenated alkanes) is 2. The Balaban J connectivity index is 2.45. The van der Waals surface area contributed by atoms with Crippen molar-refractivity contribution >= 4 is 7.60 Å². The number of hydrogen-bond acceptors (Lipinski definition) is 4. The van der Waals surface area contributed by atoms with Gasteiger partial charge in [-0.1, -0.05) is 73.5 Å². The predicted octanol–water partition coefficient (Wildman–Crippen LogP) is 5.19. The van der Waals surface area contributed by atoms with Crippen LogP contribution in [-0.4, -0.2) is 26.4 Å². The molecule has 0 aliphatic carbocycles. The average Bonchev–Trinajstić information content (AvgIpc) is 2.71. The first-order valence-corrected chi connectivity index (χ1v) is 10.8. The number of benzene rings is 2. The maximum Gasteiger partial charge on any atom is 0.334 e. The molecule has 4 nitrogen and oxygen atoms in total. The van der Waals surface area contributed by atoms with Crippen molar-refractivity contribution in [3.63, 3.8) is 0 Å². The van der Waals surface area contributed by atoms with E-state index >= 15 is 0 Å². The Bertz CT molecular complexity index is 631. The van der Waals surface area contributed by atoms with E-state index in [1.165, 1.54) is 14.2 Å². The zero-order valence-corrected chi connectivity index (χ0v) is 16.6. The van der Waals surface area contributed by atoms with Crippen molar-refractivity contribution in [3.8, 4) is 0 Å². The fraction of sp³-hybridized carbons (Fsp3) is 0.429. The molecule has 0 spiro atoms. The summed E-state index contributed by atoms with van der Waals surface area (Å²) in [6, 6.07) is 20.4. The zero-order chi connectivity index (χ0) is 18.8. The molecule has 0 saturated carbocycles. The molecule has 2 rings (SSSR count). The summed E-state index contributed by atoms with van der Waals surface area (Å²) in [5.74, 6) is -0.0546. The molecule has 0 aromatic heterocycles. The molecule has 0 aliphatic heterocycles. The van der Waals surface area contributed by atoms with E-state index in [1.54, 1.807) is 0 Å². The summed E-state index contributed by atoms with van der Waals surface area (Å²) in [4.78, 5) is 0. The lowest BCUT2D eigenvalue weighted by Gasteiger charge is -2.32. The molecule has 2 aromatic carbocycles. The third-order valence-corrected chi connectivity index (χ3v) is 7.21. The van der Waals surface area contributed by atoms with Gasteiger partial charge in [0.1, 0.15) is 0 Å². The van der Waals surface area contributed by atoms with Gasteiger partial charge in [-0.2, -0.15) is 0 Å². The molecule has 2 N–H and O–H groups in total. The fourth-order valence-electron chi connectivity index (χ4n) is 3.48. The second-order valence-electron chi connectivity index (χ2n) is 6.41. The maximum absolute atomic E-state index is 13.4. The van der Waals surface area contributed by atoms with Gasteiger partial charge < -0.3 is 14.8 Å². The van der Waals surface area contributed by atoms with Crippen LogP contribution in [0.3, 0.4) is 0 Å². The summed E-state index contributed by atoms with van der Waals surface area (Å²) in [5.41, 5.74) is 7.62. The van der Waals surface area contributed by atoms with Crippen molar-refractivity contribution < 1.29 is 13.6 Å². The molecular weight excluding hydrogens is 345 g/mol. The van der Waals surface area contributed by atoms with Gasteiger partial charge in [0.2, 0.25) is 0 Å². The molecule has 0 saturated heterocycles. The van der Waals surface area contributed by atoms with E-state index in [0.717, 1.165) is 36.8 Å². The Morgan fingerprint density at radius 2 is 1.35 bits per heavy atom. The van der Waals surface area contributed by atoms with Crippen LogP contribution in [0.15, 0.2) is 60.7 Å². The first-order valence-electron chi connectivity index (χ1n) is 9.17. The van der Waals surface area contributed by atoms with Crippen molar-refractivity contribution in [2.45, 2.75) is 37.3 Å². The largest absolute Gasteiger partial charge is 0.334 e. The van der Waals surface area contributed by atoms with E-state index in [1.807, 2.05) is 36.4 Å². The van der Waals surface area contributed by atoms with E-state index in [-0.39, 0.29) is 11.6 Å². The second-order valence-corrected chi connectivity index (χ2v) is 8.88. The maximum atomic E-state index is 13.4. The molecule has 2 aromatic rings. The molecule has 0 aliphatic rings. The minimum absolute atomic E-state index is 0.0546. The monoisotopic (exact) mass is 375 g/mol. The van der Waals surface area contributed by atoms with Crippen LogP contribution < -0.4 is 5.73 Å². The SMILES string of the molecule is COP(=O)(OC)[C@H](CCCCCN)C(c1ccccc1)c1ccccc1. The molecule has 0 fully saturated rings. The van der Waals surface area contributed by atoms with Crippen LogP contribution in [0.1, 0.15) is 42.7 Å². The minimum atomic E-state index is -3.26. The highest BCUT2D eigenvalue weighted by molar-refractivity contribution is 7.54.